The summed E-state index contributed by atoms with van der Waals surface area (Å²) in [6.45, 7) is 7.44. The van der Waals surface area contributed by atoms with Gasteiger partial charge in [0.1, 0.15) is 0 Å². The van der Waals surface area contributed by atoms with Crippen LogP contribution in [0.4, 0.5) is 5.69 Å². The highest BCUT2D eigenvalue weighted by molar-refractivity contribution is 7.91. The van der Waals surface area contributed by atoms with Gasteiger partial charge in [-0.05, 0) is 106 Å². The van der Waals surface area contributed by atoms with Crippen molar-refractivity contribution in [3.63, 3.8) is 0 Å². The molecule has 1 N–H and O–H groups in total. The van der Waals surface area contributed by atoms with Gasteiger partial charge < -0.3 is 10.0 Å². The van der Waals surface area contributed by atoms with Gasteiger partial charge in [0, 0.05) is 23.8 Å². The summed E-state index contributed by atoms with van der Waals surface area (Å²) in [6.07, 6.45) is 8.07. The molecule has 4 nitrogen and oxygen atoms in total. The number of aliphatic hydroxyl groups is 1. The number of rotatable bonds is 8. The highest BCUT2D eigenvalue weighted by Crippen LogP contribution is 2.37. The Morgan fingerprint density at radius 1 is 1.00 bits per heavy atom. The van der Waals surface area contributed by atoms with Crippen LogP contribution in [0.3, 0.4) is 0 Å². The fraction of sp³-hybridized carbons (Fsp3) is 0.600. The van der Waals surface area contributed by atoms with E-state index in [0.29, 0.717) is 35.5 Å². The molecule has 1 aliphatic heterocycles. The minimum absolute atomic E-state index is 0.263. The van der Waals surface area contributed by atoms with E-state index < -0.39 is 15.4 Å². The molecule has 36 heavy (non-hydrogen) atoms. The van der Waals surface area contributed by atoms with Crippen LogP contribution < -0.4 is 4.90 Å². The minimum Gasteiger partial charge on any atom is -0.385 e. The Morgan fingerprint density at radius 2 is 1.61 bits per heavy atom. The molecule has 0 spiro atoms. The zero-order chi connectivity index (χ0) is 25.9. The van der Waals surface area contributed by atoms with Crippen molar-refractivity contribution in [2.45, 2.75) is 83.0 Å². The SMILES string of the molecule is Cc1cc(CCC2CCC(CS(=O)(=O)C(C)C)CC2)ccc1N1CCC(O)(c2ccc(Cl)cc2)CC1. The standard InChI is InChI=1S/C30H42ClNO3S/c1-22(2)36(34,35)21-26-8-5-24(6-9-26)4-7-25-10-15-29(23(3)20-25)32-18-16-30(33,17-19-32)27-11-13-28(31)14-12-27/h10-15,20,22,24,26,33H,4-9,16-19,21H2,1-3H3. The Kier molecular flexibility index (Phi) is 8.74. The van der Waals surface area contributed by atoms with Gasteiger partial charge in [0.2, 0.25) is 0 Å². The lowest BCUT2D eigenvalue weighted by atomic mass is 9.80. The highest BCUT2D eigenvalue weighted by atomic mass is 35.5. The summed E-state index contributed by atoms with van der Waals surface area (Å²) < 4.78 is 24.5. The van der Waals surface area contributed by atoms with Crippen LogP contribution in [0.15, 0.2) is 42.5 Å². The van der Waals surface area contributed by atoms with E-state index in [-0.39, 0.29) is 5.25 Å². The number of anilines is 1. The molecular formula is C30H42ClNO3S. The first-order valence-electron chi connectivity index (χ1n) is 13.6. The molecule has 0 amide bonds. The lowest BCUT2D eigenvalue weighted by Crippen LogP contribution is -2.42. The number of halogens is 1. The third-order valence-corrected chi connectivity index (χ3v) is 11.2. The maximum absolute atomic E-state index is 12.3. The maximum atomic E-state index is 12.3. The second-order valence-corrected chi connectivity index (χ2v) is 14.5. The van der Waals surface area contributed by atoms with E-state index in [1.807, 2.05) is 24.3 Å². The molecule has 0 bridgehead atoms. The molecule has 1 aliphatic carbocycles. The molecule has 0 unspecified atom stereocenters. The summed E-state index contributed by atoms with van der Waals surface area (Å²) in [7, 11) is -2.93. The molecule has 1 saturated carbocycles. The third-order valence-electron chi connectivity index (χ3n) is 8.57. The summed E-state index contributed by atoms with van der Waals surface area (Å²) in [6, 6.07) is 14.4. The molecule has 1 saturated heterocycles. The Labute approximate surface area is 223 Å². The Balaban J connectivity index is 1.26. The molecule has 2 aromatic carbocycles. The number of benzene rings is 2. The first kappa shape index (κ1) is 27.5. The Morgan fingerprint density at radius 3 is 2.19 bits per heavy atom. The van der Waals surface area contributed by atoms with Crippen LogP contribution in [0, 0.1) is 18.8 Å². The zero-order valence-corrected chi connectivity index (χ0v) is 23.6. The number of aryl methyl sites for hydroxylation is 2. The molecule has 4 rings (SSSR count). The van der Waals surface area contributed by atoms with Crippen LogP contribution >= 0.6 is 11.6 Å². The van der Waals surface area contributed by atoms with Gasteiger partial charge in [-0.25, -0.2) is 8.42 Å². The zero-order valence-electron chi connectivity index (χ0n) is 22.0. The van der Waals surface area contributed by atoms with Crippen molar-refractivity contribution in [3.05, 3.63) is 64.2 Å². The van der Waals surface area contributed by atoms with Crippen molar-refractivity contribution in [2.24, 2.45) is 11.8 Å². The first-order chi connectivity index (χ1) is 17.1. The van der Waals surface area contributed by atoms with Gasteiger partial charge in [-0.1, -0.05) is 48.7 Å². The number of sulfone groups is 1. The van der Waals surface area contributed by atoms with Gasteiger partial charge in [-0.15, -0.1) is 0 Å². The second-order valence-electron chi connectivity index (χ2n) is 11.5. The second kappa shape index (κ2) is 11.4. The molecule has 6 heteroatoms. The fourth-order valence-corrected chi connectivity index (χ4v) is 7.47. The fourth-order valence-electron chi connectivity index (χ4n) is 5.97. The van der Waals surface area contributed by atoms with Crippen molar-refractivity contribution < 1.29 is 13.5 Å². The monoisotopic (exact) mass is 531 g/mol. The average molecular weight is 532 g/mol. The summed E-state index contributed by atoms with van der Waals surface area (Å²) >= 11 is 6.02. The minimum atomic E-state index is -2.93. The number of nitrogens with zero attached hydrogens (tertiary/aromatic N) is 1. The van der Waals surface area contributed by atoms with Gasteiger partial charge in [0.15, 0.2) is 9.84 Å². The van der Waals surface area contributed by atoms with E-state index in [1.54, 1.807) is 13.8 Å². The number of hydrogen-bond donors (Lipinski definition) is 1. The summed E-state index contributed by atoms with van der Waals surface area (Å²) in [5.74, 6) is 1.42. The molecule has 0 atom stereocenters. The first-order valence-corrected chi connectivity index (χ1v) is 15.7. The van der Waals surface area contributed by atoms with Gasteiger partial charge in [-0.2, -0.15) is 0 Å². The number of piperidine rings is 1. The van der Waals surface area contributed by atoms with Crippen LogP contribution in [0.25, 0.3) is 0 Å². The van der Waals surface area contributed by atoms with E-state index in [1.165, 1.54) is 23.2 Å². The smallest absolute Gasteiger partial charge is 0.152 e. The van der Waals surface area contributed by atoms with E-state index in [2.05, 4.69) is 30.0 Å². The van der Waals surface area contributed by atoms with Crippen LogP contribution in [0.1, 0.15) is 75.5 Å². The Bertz CT molecular complexity index is 1110. The van der Waals surface area contributed by atoms with Gasteiger partial charge in [-0.3, -0.25) is 0 Å². The predicted molar refractivity (Wildman–Crippen MR) is 151 cm³/mol. The van der Waals surface area contributed by atoms with Crippen molar-refractivity contribution in [1.29, 1.82) is 0 Å². The number of hydrogen-bond acceptors (Lipinski definition) is 4. The third kappa shape index (κ3) is 6.65. The lowest BCUT2D eigenvalue weighted by Gasteiger charge is -2.40. The topological polar surface area (TPSA) is 57.6 Å². The molecule has 2 aromatic rings. The van der Waals surface area contributed by atoms with Crippen molar-refractivity contribution in [2.75, 3.05) is 23.7 Å². The normalized spacial score (nSPS) is 22.7. The van der Waals surface area contributed by atoms with Gasteiger partial charge in [0.25, 0.3) is 0 Å². The largest absolute Gasteiger partial charge is 0.385 e. The van der Waals surface area contributed by atoms with E-state index in [4.69, 9.17) is 11.6 Å². The van der Waals surface area contributed by atoms with Crippen molar-refractivity contribution in [1.82, 2.24) is 0 Å². The molecule has 0 aromatic heterocycles. The summed E-state index contributed by atoms with van der Waals surface area (Å²) in [5.41, 5.74) is 4.12. The van der Waals surface area contributed by atoms with Crippen molar-refractivity contribution in [3.8, 4) is 0 Å². The van der Waals surface area contributed by atoms with Gasteiger partial charge >= 0.3 is 0 Å². The van der Waals surface area contributed by atoms with Gasteiger partial charge in [0.05, 0.1) is 16.6 Å². The molecule has 1 heterocycles. The lowest BCUT2D eigenvalue weighted by molar-refractivity contribution is 0.0117. The van der Waals surface area contributed by atoms with E-state index in [0.717, 1.165) is 50.8 Å². The highest BCUT2D eigenvalue weighted by Gasteiger charge is 2.34. The van der Waals surface area contributed by atoms with Crippen LogP contribution in [-0.4, -0.2) is 37.6 Å². The molecule has 198 valence electrons. The average Bonchev–Trinajstić information content (AvgIpc) is 2.84. The molecular weight excluding hydrogens is 490 g/mol. The summed E-state index contributed by atoms with van der Waals surface area (Å²) in [4.78, 5) is 2.40. The molecule has 2 fully saturated rings. The molecule has 2 aliphatic rings. The van der Waals surface area contributed by atoms with Crippen LogP contribution in [-0.2, 0) is 21.9 Å². The van der Waals surface area contributed by atoms with E-state index in [9.17, 15) is 13.5 Å². The predicted octanol–water partition coefficient (Wildman–Crippen LogP) is 6.70. The maximum Gasteiger partial charge on any atom is 0.152 e. The van der Waals surface area contributed by atoms with Crippen molar-refractivity contribution >= 4 is 27.1 Å². The quantitative estimate of drug-likeness (QED) is 0.412. The summed E-state index contributed by atoms with van der Waals surface area (Å²) in [5, 5.41) is 11.6. The molecule has 0 radical (unpaired) electrons. The Hall–Kier alpha value is -1.56. The van der Waals surface area contributed by atoms with E-state index >= 15 is 0 Å². The van der Waals surface area contributed by atoms with Crippen LogP contribution in [0.5, 0.6) is 0 Å². The van der Waals surface area contributed by atoms with Crippen LogP contribution in [0.2, 0.25) is 5.02 Å².